The van der Waals surface area contributed by atoms with Crippen molar-refractivity contribution in [3.8, 4) is 22.8 Å². The molecule has 1 aromatic heterocycles. The quantitative estimate of drug-likeness (QED) is 0.221. The molecule has 1 amide bonds. The van der Waals surface area contributed by atoms with Crippen molar-refractivity contribution in [2.45, 2.75) is 44.6 Å². The lowest BCUT2D eigenvalue weighted by atomic mass is 9.81. The number of aromatic nitrogens is 2. The number of carbonyl (C=O) groups is 2. The number of carboxylic acids is 1. The summed E-state index contributed by atoms with van der Waals surface area (Å²) in [7, 11) is 0. The molecule has 1 heterocycles. The van der Waals surface area contributed by atoms with Crippen LogP contribution in [0, 0.1) is 5.92 Å². The van der Waals surface area contributed by atoms with Gasteiger partial charge in [0.1, 0.15) is 0 Å². The highest BCUT2D eigenvalue weighted by Crippen LogP contribution is 2.37. The Hall–Kier alpha value is -4.46. The number of hydrogen-bond acceptors (Lipinski definition) is 6. The van der Waals surface area contributed by atoms with Gasteiger partial charge in [0.2, 0.25) is 5.82 Å². The zero-order valence-electron chi connectivity index (χ0n) is 21.7. The summed E-state index contributed by atoms with van der Waals surface area (Å²) in [6.45, 7) is 0.103. The van der Waals surface area contributed by atoms with E-state index in [1.54, 1.807) is 12.1 Å². The van der Waals surface area contributed by atoms with E-state index in [1.165, 1.54) is 24.8 Å². The second-order valence-electron chi connectivity index (χ2n) is 9.91. The number of nitrogens with zero attached hydrogens (tertiary/aromatic N) is 2. The van der Waals surface area contributed by atoms with Crippen LogP contribution in [0.15, 0.2) is 83.4 Å². The van der Waals surface area contributed by atoms with Gasteiger partial charge in [-0.05, 0) is 60.7 Å². The molecule has 4 aromatic rings. The van der Waals surface area contributed by atoms with Crippen molar-refractivity contribution in [3.63, 3.8) is 0 Å². The molecule has 1 aliphatic rings. The first-order valence-electron chi connectivity index (χ1n) is 13.4. The standard InChI is InChI=1S/C31H32N4O4/c36-27(37)19-20-32-30(38)24-15-17-26(18-16-24)33-28(21-7-3-1-4-8-21)22-11-13-23(14-12-22)29-34-31(39-35-29)25-9-5-2-6-10-25/h2,5-6,9-18,21,28,33H,1,3-4,7-8,19-20H2,(H,32,38)(H,36,37). The normalized spacial score (nSPS) is 14.5. The van der Waals surface area contributed by atoms with Crippen LogP contribution in [-0.4, -0.2) is 33.7 Å². The van der Waals surface area contributed by atoms with E-state index in [1.807, 2.05) is 54.6 Å². The molecule has 1 aliphatic carbocycles. The molecular formula is C31H32N4O4. The summed E-state index contributed by atoms with van der Waals surface area (Å²) in [5, 5.41) is 19.3. The Balaban J connectivity index is 1.30. The van der Waals surface area contributed by atoms with E-state index in [0.29, 0.717) is 23.2 Å². The molecule has 200 valence electrons. The lowest BCUT2D eigenvalue weighted by Crippen LogP contribution is -2.26. The second kappa shape index (κ2) is 12.4. The van der Waals surface area contributed by atoms with E-state index in [0.717, 1.165) is 29.7 Å². The van der Waals surface area contributed by atoms with Gasteiger partial charge in [-0.1, -0.05) is 66.9 Å². The predicted molar refractivity (Wildman–Crippen MR) is 149 cm³/mol. The van der Waals surface area contributed by atoms with Crippen molar-refractivity contribution in [1.29, 1.82) is 0 Å². The highest BCUT2D eigenvalue weighted by atomic mass is 16.5. The Labute approximate surface area is 227 Å². The number of carbonyl (C=O) groups excluding carboxylic acids is 1. The molecule has 5 rings (SSSR count). The van der Waals surface area contributed by atoms with Gasteiger partial charge >= 0.3 is 5.97 Å². The molecule has 1 unspecified atom stereocenters. The Kier molecular flexibility index (Phi) is 8.31. The van der Waals surface area contributed by atoms with Gasteiger partial charge in [0.05, 0.1) is 12.5 Å². The zero-order chi connectivity index (χ0) is 27.0. The molecule has 0 bridgehead atoms. The highest BCUT2D eigenvalue weighted by molar-refractivity contribution is 5.94. The molecule has 0 radical (unpaired) electrons. The van der Waals surface area contributed by atoms with Crippen LogP contribution in [0.2, 0.25) is 0 Å². The zero-order valence-corrected chi connectivity index (χ0v) is 21.7. The summed E-state index contributed by atoms with van der Waals surface area (Å²) < 4.78 is 5.49. The predicted octanol–water partition coefficient (Wildman–Crippen LogP) is 6.34. The minimum atomic E-state index is -0.939. The van der Waals surface area contributed by atoms with Gasteiger partial charge in [-0.3, -0.25) is 9.59 Å². The van der Waals surface area contributed by atoms with E-state index < -0.39 is 5.97 Å². The number of nitrogens with one attached hydrogen (secondary N) is 2. The van der Waals surface area contributed by atoms with Crippen LogP contribution in [0.1, 0.15) is 60.5 Å². The van der Waals surface area contributed by atoms with Gasteiger partial charge < -0.3 is 20.3 Å². The van der Waals surface area contributed by atoms with Crippen LogP contribution in [0.5, 0.6) is 0 Å². The molecule has 0 aliphatic heterocycles. The molecule has 1 saturated carbocycles. The molecule has 0 spiro atoms. The summed E-state index contributed by atoms with van der Waals surface area (Å²) in [4.78, 5) is 27.6. The van der Waals surface area contributed by atoms with Gasteiger partial charge in [-0.15, -0.1) is 0 Å². The molecular weight excluding hydrogens is 492 g/mol. The number of benzene rings is 3. The van der Waals surface area contributed by atoms with Gasteiger partial charge in [0.25, 0.3) is 11.8 Å². The molecule has 0 saturated heterocycles. The van der Waals surface area contributed by atoms with Crippen molar-refractivity contribution >= 4 is 17.6 Å². The summed E-state index contributed by atoms with van der Waals surface area (Å²) in [6.07, 6.45) is 5.94. The molecule has 8 nitrogen and oxygen atoms in total. The fraction of sp³-hybridized carbons (Fsp3) is 0.290. The topological polar surface area (TPSA) is 117 Å². The summed E-state index contributed by atoms with van der Waals surface area (Å²) >= 11 is 0. The highest BCUT2D eigenvalue weighted by Gasteiger charge is 2.25. The monoisotopic (exact) mass is 524 g/mol. The van der Waals surface area contributed by atoms with E-state index in [9.17, 15) is 9.59 Å². The SMILES string of the molecule is O=C(O)CCNC(=O)c1ccc(NC(c2ccc(-c3noc(-c4ccccc4)n3)cc2)C2CCCCC2)cc1. The lowest BCUT2D eigenvalue weighted by Gasteiger charge is -2.32. The van der Waals surface area contributed by atoms with Crippen LogP contribution >= 0.6 is 0 Å². The van der Waals surface area contributed by atoms with E-state index in [4.69, 9.17) is 9.63 Å². The van der Waals surface area contributed by atoms with Crippen LogP contribution in [0.25, 0.3) is 22.8 Å². The number of aliphatic carboxylic acids is 1. The molecule has 3 aromatic carbocycles. The third-order valence-corrected chi connectivity index (χ3v) is 7.19. The molecule has 1 atom stereocenters. The number of amides is 1. The summed E-state index contributed by atoms with van der Waals surface area (Å²) in [5.74, 6) is 0.332. The largest absolute Gasteiger partial charge is 0.481 e. The van der Waals surface area contributed by atoms with E-state index >= 15 is 0 Å². The van der Waals surface area contributed by atoms with Crippen LogP contribution < -0.4 is 10.6 Å². The van der Waals surface area contributed by atoms with Gasteiger partial charge in [-0.25, -0.2) is 0 Å². The second-order valence-corrected chi connectivity index (χ2v) is 9.91. The Morgan fingerprint density at radius 1 is 0.897 bits per heavy atom. The first-order valence-corrected chi connectivity index (χ1v) is 13.4. The maximum atomic E-state index is 12.3. The first-order chi connectivity index (χ1) is 19.1. The van der Waals surface area contributed by atoms with Crippen LogP contribution in [-0.2, 0) is 4.79 Å². The van der Waals surface area contributed by atoms with Crippen LogP contribution in [0.3, 0.4) is 0 Å². The van der Waals surface area contributed by atoms with Crippen molar-refractivity contribution < 1.29 is 19.2 Å². The Morgan fingerprint density at radius 3 is 2.31 bits per heavy atom. The summed E-state index contributed by atoms with van der Waals surface area (Å²) in [6, 6.07) is 25.5. The Morgan fingerprint density at radius 2 is 1.62 bits per heavy atom. The third kappa shape index (κ3) is 6.71. The molecule has 1 fully saturated rings. The van der Waals surface area contributed by atoms with Crippen LogP contribution in [0.4, 0.5) is 5.69 Å². The van der Waals surface area contributed by atoms with E-state index in [2.05, 4.69) is 32.9 Å². The third-order valence-electron chi connectivity index (χ3n) is 7.19. The number of anilines is 1. The average Bonchev–Trinajstić information content (AvgIpc) is 3.48. The minimum Gasteiger partial charge on any atom is -0.481 e. The van der Waals surface area contributed by atoms with Crippen molar-refractivity contribution in [2.75, 3.05) is 11.9 Å². The lowest BCUT2D eigenvalue weighted by molar-refractivity contribution is -0.136. The maximum absolute atomic E-state index is 12.3. The molecule has 39 heavy (non-hydrogen) atoms. The van der Waals surface area contributed by atoms with E-state index in [-0.39, 0.29) is 24.9 Å². The fourth-order valence-electron chi connectivity index (χ4n) is 5.10. The maximum Gasteiger partial charge on any atom is 0.305 e. The van der Waals surface area contributed by atoms with Gasteiger partial charge in [0, 0.05) is 28.9 Å². The van der Waals surface area contributed by atoms with Crippen molar-refractivity contribution in [2.24, 2.45) is 5.92 Å². The fourth-order valence-corrected chi connectivity index (χ4v) is 5.10. The number of rotatable bonds is 10. The number of carboxylic acid groups (broad SMARTS) is 1. The molecule has 3 N–H and O–H groups in total. The first kappa shape index (κ1) is 26.2. The van der Waals surface area contributed by atoms with Gasteiger partial charge in [0.15, 0.2) is 0 Å². The van der Waals surface area contributed by atoms with Crippen molar-refractivity contribution in [3.05, 3.63) is 90.0 Å². The van der Waals surface area contributed by atoms with Gasteiger partial charge in [-0.2, -0.15) is 4.98 Å². The minimum absolute atomic E-state index is 0.103. The van der Waals surface area contributed by atoms with Crippen molar-refractivity contribution in [1.82, 2.24) is 15.5 Å². The summed E-state index contributed by atoms with van der Waals surface area (Å²) in [5.41, 5.74) is 4.40. The average molecular weight is 525 g/mol. The number of hydrogen-bond donors (Lipinski definition) is 3. The smallest absolute Gasteiger partial charge is 0.305 e. The molecule has 8 heteroatoms. The Bertz CT molecular complexity index is 1380.